The largest absolute Gasteiger partial charge is 0.391 e. The second kappa shape index (κ2) is 6.68. The number of hydrogen-bond donors (Lipinski definition) is 1. The Labute approximate surface area is 115 Å². The molecule has 0 aliphatic carbocycles. The summed E-state index contributed by atoms with van der Waals surface area (Å²) in [5.41, 5.74) is 0. The van der Waals surface area contributed by atoms with Gasteiger partial charge in [0.1, 0.15) is 0 Å². The number of likely N-dealkylation sites (tertiary alicyclic amines) is 1. The van der Waals surface area contributed by atoms with Gasteiger partial charge in [-0.25, -0.2) is 0 Å². The maximum atomic E-state index is 12.4. The van der Waals surface area contributed by atoms with Crippen LogP contribution in [0.3, 0.4) is 0 Å². The smallest absolute Gasteiger partial charge is 0.225 e. The summed E-state index contributed by atoms with van der Waals surface area (Å²) in [6, 6.07) is 0.140. The van der Waals surface area contributed by atoms with Crippen molar-refractivity contribution < 1.29 is 14.6 Å². The predicted molar refractivity (Wildman–Crippen MR) is 72.9 cm³/mol. The van der Waals surface area contributed by atoms with Crippen molar-refractivity contribution in [2.45, 2.75) is 50.4 Å². The minimum Gasteiger partial charge on any atom is -0.391 e. The van der Waals surface area contributed by atoms with E-state index < -0.39 is 0 Å². The van der Waals surface area contributed by atoms with Gasteiger partial charge in [0.15, 0.2) is 0 Å². The summed E-state index contributed by atoms with van der Waals surface area (Å²) in [5.74, 6) is 0.135. The number of aliphatic hydroxyl groups is 1. The number of hydrogen-bond acceptors (Lipinski definition) is 4. The normalized spacial score (nSPS) is 32.0. The summed E-state index contributed by atoms with van der Waals surface area (Å²) in [5, 5.41) is 9.79. The van der Waals surface area contributed by atoms with Crippen LogP contribution in [0.25, 0.3) is 0 Å². The van der Waals surface area contributed by atoms with Gasteiger partial charge in [-0.15, -0.1) is 0 Å². The molecule has 2 aliphatic rings. The molecule has 0 saturated carbocycles. The maximum Gasteiger partial charge on any atom is 0.225 e. The second-order valence-electron chi connectivity index (χ2n) is 6.04. The Hall–Kier alpha value is -0.650. The number of carbonyl (C=O) groups is 1. The van der Waals surface area contributed by atoms with Crippen LogP contribution in [0.5, 0.6) is 0 Å². The lowest BCUT2D eigenvalue weighted by molar-refractivity contribution is -0.136. The van der Waals surface area contributed by atoms with E-state index in [1.165, 1.54) is 0 Å². The summed E-state index contributed by atoms with van der Waals surface area (Å²) in [4.78, 5) is 16.3. The van der Waals surface area contributed by atoms with Gasteiger partial charge in [-0.1, -0.05) is 0 Å². The van der Waals surface area contributed by atoms with E-state index in [0.717, 1.165) is 32.4 Å². The zero-order valence-electron chi connectivity index (χ0n) is 12.0. The molecule has 2 fully saturated rings. The van der Waals surface area contributed by atoms with Gasteiger partial charge in [-0.2, -0.15) is 0 Å². The molecule has 19 heavy (non-hydrogen) atoms. The van der Waals surface area contributed by atoms with Crippen LogP contribution < -0.4 is 0 Å². The van der Waals surface area contributed by atoms with Crippen molar-refractivity contribution in [1.29, 1.82) is 0 Å². The van der Waals surface area contributed by atoms with E-state index in [0.29, 0.717) is 19.4 Å². The number of likely N-dealkylation sites (N-methyl/N-ethyl adjacent to an activating group) is 1. The number of ether oxygens (including phenoxy) is 1. The molecule has 0 aromatic carbocycles. The molecule has 1 N–H and O–H groups in total. The van der Waals surface area contributed by atoms with Crippen molar-refractivity contribution in [3.05, 3.63) is 0 Å². The molecule has 0 spiro atoms. The first-order valence-electron chi connectivity index (χ1n) is 7.30. The molecule has 5 heteroatoms. The quantitative estimate of drug-likeness (QED) is 0.807. The SMILES string of the molecule is CN(C)CC1CC(O)CN1C(=O)CC1CCCCO1. The molecule has 5 nitrogen and oxygen atoms in total. The third kappa shape index (κ3) is 4.16. The maximum absolute atomic E-state index is 12.4. The van der Waals surface area contributed by atoms with Crippen LogP contribution in [0.2, 0.25) is 0 Å². The lowest BCUT2D eigenvalue weighted by Gasteiger charge is -2.29. The highest BCUT2D eigenvalue weighted by Crippen LogP contribution is 2.22. The van der Waals surface area contributed by atoms with Gasteiger partial charge in [-0.3, -0.25) is 4.79 Å². The van der Waals surface area contributed by atoms with E-state index in [4.69, 9.17) is 4.74 Å². The Balaban J connectivity index is 1.88. The van der Waals surface area contributed by atoms with Crippen molar-refractivity contribution in [2.75, 3.05) is 33.8 Å². The van der Waals surface area contributed by atoms with E-state index in [2.05, 4.69) is 4.90 Å². The summed E-state index contributed by atoms with van der Waals surface area (Å²) < 4.78 is 5.63. The molecule has 110 valence electrons. The summed E-state index contributed by atoms with van der Waals surface area (Å²) in [6.45, 7) is 2.07. The molecule has 0 bridgehead atoms. The average molecular weight is 270 g/mol. The molecule has 0 radical (unpaired) electrons. The molecule has 2 saturated heterocycles. The fourth-order valence-corrected chi connectivity index (χ4v) is 3.07. The number of carbonyl (C=O) groups excluding carboxylic acids is 1. The van der Waals surface area contributed by atoms with E-state index in [9.17, 15) is 9.90 Å². The summed E-state index contributed by atoms with van der Waals surface area (Å²) in [7, 11) is 4.00. The monoisotopic (exact) mass is 270 g/mol. The lowest BCUT2D eigenvalue weighted by atomic mass is 10.1. The van der Waals surface area contributed by atoms with Crippen LogP contribution in [0.4, 0.5) is 0 Å². The van der Waals surface area contributed by atoms with Crippen LogP contribution >= 0.6 is 0 Å². The Morgan fingerprint density at radius 3 is 2.84 bits per heavy atom. The highest BCUT2D eigenvalue weighted by atomic mass is 16.5. The third-order valence-electron chi connectivity index (χ3n) is 3.96. The first kappa shape index (κ1) is 14.8. The molecule has 3 atom stereocenters. The van der Waals surface area contributed by atoms with E-state index >= 15 is 0 Å². The van der Waals surface area contributed by atoms with Gasteiger partial charge in [0.2, 0.25) is 5.91 Å². The van der Waals surface area contributed by atoms with Crippen LogP contribution in [0.1, 0.15) is 32.1 Å². The van der Waals surface area contributed by atoms with Gasteiger partial charge in [0.05, 0.1) is 18.6 Å². The standard InChI is InChI=1S/C14H26N2O3/c1-15(2)9-11-7-12(17)10-16(11)14(18)8-13-5-3-4-6-19-13/h11-13,17H,3-10H2,1-2H3. The number of rotatable bonds is 4. The molecule has 2 heterocycles. The Morgan fingerprint density at radius 1 is 1.42 bits per heavy atom. The molecular formula is C14H26N2O3. The first-order chi connectivity index (χ1) is 9.06. The molecular weight excluding hydrogens is 244 g/mol. The minimum absolute atomic E-state index is 0.0824. The fraction of sp³-hybridized carbons (Fsp3) is 0.929. The Kier molecular flexibility index (Phi) is 5.19. The zero-order valence-corrected chi connectivity index (χ0v) is 12.0. The molecule has 2 rings (SSSR count). The van der Waals surface area contributed by atoms with Crippen molar-refractivity contribution in [2.24, 2.45) is 0 Å². The highest BCUT2D eigenvalue weighted by molar-refractivity contribution is 5.77. The van der Waals surface area contributed by atoms with Gasteiger partial charge in [-0.05, 0) is 39.8 Å². The minimum atomic E-state index is -0.374. The number of aliphatic hydroxyl groups excluding tert-OH is 1. The zero-order chi connectivity index (χ0) is 13.8. The summed E-state index contributed by atoms with van der Waals surface area (Å²) >= 11 is 0. The number of nitrogens with zero attached hydrogens (tertiary/aromatic N) is 2. The molecule has 0 aromatic heterocycles. The molecule has 0 aromatic rings. The molecule has 2 aliphatic heterocycles. The summed E-state index contributed by atoms with van der Waals surface area (Å²) in [6.07, 6.45) is 4.12. The van der Waals surface area contributed by atoms with Crippen molar-refractivity contribution >= 4 is 5.91 Å². The Bertz CT molecular complexity index is 303. The van der Waals surface area contributed by atoms with E-state index in [-0.39, 0.29) is 24.2 Å². The van der Waals surface area contributed by atoms with Crippen LogP contribution in [-0.2, 0) is 9.53 Å². The van der Waals surface area contributed by atoms with Crippen molar-refractivity contribution in [1.82, 2.24) is 9.80 Å². The third-order valence-corrected chi connectivity index (χ3v) is 3.96. The van der Waals surface area contributed by atoms with E-state index in [1.807, 2.05) is 19.0 Å². The van der Waals surface area contributed by atoms with Crippen LogP contribution in [0, 0.1) is 0 Å². The van der Waals surface area contributed by atoms with Crippen LogP contribution in [-0.4, -0.2) is 72.9 Å². The molecule has 1 amide bonds. The lowest BCUT2D eigenvalue weighted by Crippen LogP contribution is -2.43. The van der Waals surface area contributed by atoms with Gasteiger partial charge in [0, 0.05) is 25.7 Å². The van der Waals surface area contributed by atoms with Gasteiger partial charge < -0.3 is 19.6 Å². The fourth-order valence-electron chi connectivity index (χ4n) is 3.07. The first-order valence-corrected chi connectivity index (χ1v) is 7.30. The average Bonchev–Trinajstić information content (AvgIpc) is 2.70. The van der Waals surface area contributed by atoms with Crippen molar-refractivity contribution in [3.63, 3.8) is 0 Å². The van der Waals surface area contributed by atoms with Gasteiger partial charge in [0.25, 0.3) is 0 Å². The topological polar surface area (TPSA) is 53.0 Å². The van der Waals surface area contributed by atoms with Crippen LogP contribution in [0.15, 0.2) is 0 Å². The Morgan fingerprint density at radius 2 is 2.21 bits per heavy atom. The highest BCUT2D eigenvalue weighted by Gasteiger charge is 2.35. The van der Waals surface area contributed by atoms with Gasteiger partial charge >= 0.3 is 0 Å². The number of amides is 1. The second-order valence-corrected chi connectivity index (χ2v) is 6.04. The predicted octanol–water partition coefficient (Wildman–Crippen LogP) is 0.469. The van der Waals surface area contributed by atoms with Crippen molar-refractivity contribution in [3.8, 4) is 0 Å². The van der Waals surface area contributed by atoms with E-state index in [1.54, 1.807) is 0 Å². The number of β-amino-alcohol motifs (C(OH)–C–C–N with tert-alkyl or cyclic N) is 1. The molecule has 3 unspecified atom stereocenters.